The van der Waals surface area contributed by atoms with Crippen LogP contribution in [-0.2, 0) is 0 Å². The fraction of sp³-hybridized carbons (Fsp3) is 0.500. The molecule has 7 nitrogen and oxygen atoms in total. The summed E-state index contributed by atoms with van der Waals surface area (Å²) in [5, 5.41) is 20.4. The highest BCUT2D eigenvalue weighted by molar-refractivity contribution is 7.80. The van der Waals surface area contributed by atoms with Gasteiger partial charge in [0.2, 0.25) is 0 Å². The van der Waals surface area contributed by atoms with Gasteiger partial charge < -0.3 is 20.9 Å². The van der Waals surface area contributed by atoms with Crippen LogP contribution in [0.5, 0.6) is 0 Å². The number of aliphatic hydroxyl groups is 2. The lowest BCUT2D eigenvalue weighted by molar-refractivity contribution is 0.0302. The van der Waals surface area contributed by atoms with Crippen molar-refractivity contribution in [1.82, 2.24) is 19.9 Å². The molecular formula is C12H17N5O2S. The van der Waals surface area contributed by atoms with Gasteiger partial charge in [-0.2, -0.15) is 12.6 Å². The van der Waals surface area contributed by atoms with Gasteiger partial charge in [-0.15, -0.1) is 0 Å². The van der Waals surface area contributed by atoms with Gasteiger partial charge in [0.1, 0.15) is 17.9 Å². The van der Waals surface area contributed by atoms with Crippen LogP contribution in [0.3, 0.4) is 0 Å². The van der Waals surface area contributed by atoms with E-state index in [0.717, 1.165) is 5.56 Å². The van der Waals surface area contributed by atoms with Crippen molar-refractivity contribution in [2.75, 3.05) is 11.6 Å². The largest absolute Gasteiger partial charge is 0.389 e. The lowest BCUT2D eigenvalue weighted by Crippen LogP contribution is -2.32. The first kappa shape index (κ1) is 13.6. The number of hydrogen-bond donors (Lipinski definition) is 5. The number of H-pyrrole nitrogens is 1. The Balaban J connectivity index is 2.12. The fourth-order valence-corrected chi connectivity index (χ4v) is 3.33. The number of anilines is 1. The van der Waals surface area contributed by atoms with E-state index >= 15 is 0 Å². The number of aliphatic hydroxyl groups excluding tert-OH is 2. The second kappa shape index (κ2) is 4.88. The predicted octanol–water partition coefficient (Wildman–Crippen LogP) is -0.106. The third-order valence-corrected chi connectivity index (χ3v) is 4.38. The molecule has 3 rings (SSSR count). The van der Waals surface area contributed by atoms with Crippen molar-refractivity contribution in [3.8, 4) is 0 Å². The number of nitrogen functional groups attached to an aromatic ring is 1. The van der Waals surface area contributed by atoms with Crippen molar-refractivity contribution < 1.29 is 10.2 Å². The van der Waals surface area contributed by atoms with Crippen molar-refractivity contribution in [2.45, 2.75) is 31.2 Å². The number of nitrogens with two attached hydrogens (primary N) is 1. The van der Waals surface area contributed by atoms with Gasteiger partial charge in [0, 0.05) is 23.7 Å². The lowest BCUT2D eigenvalue weighted by Gasteiger charge is -2.26. The van der Waals surface area contributed by atoms with Gasteiger partial charge in [-0.05, 0) is 6.92 Å². The van der Waals surface area contributed by atoms with E-state index in [1.165, 1.54) is 6.33 Å². The Morgan fingerprint density at radius 2 is 2.15 bits per heavy atom. The van der Waals surface area contributed by atoms with Crippen LogP contribution in [0.25, 0.3) is 11.0 Å². The topological polar surface area (TPSA) is 111 Å². The van der Waals surface area contributed by atoms with Gasteiger partial charge in [-0.1, -0.05) is 0 Å². The van der Waals surface area contributed by atoms with Crippen LogP contribution < -0.4 is 5.73 Å². The Morgan fingerprint density at radius 3 is 2.85 bits per heavy atom. The van der Waals surface area contributed by atoms with Crippen molar-refractivity contribution in [3.63, 3.8) is 0 Å². The minimum absolute atomic E-state index is 0.184. The first-order valence-corrected chi connectivity index (χ1v) is 6.99. The SMILES string of the molecule is CC1C(O)C(O)C(c2c[nH]c3c(N)ncnc23)N1CS. The molecule has 3 heterocycles. The summed E-state index contributed by atoms with van der Waals surface area (Å²) in [4.78, 5) is 13.1. The molecule has 108 valence electrons. The Hall–Kier alpha value is -1.35. The van der Waals surface area contributed by atoms with Gasteiger partial charge >= 0.3 is 0 Å². The molecule has 8 heteroatoms. The van der Waals surface area contributed by atoms with Gasteiger partial charge in [-0.3, -0.25) is 4.90 Å². The number of likely N-dealkylation sites (tertiary alicyclic amines) is 1. The Morgan fingerprint density at radius 1 is 1.40 bits per heavy atom. The molecule has 4 unspecified atom stereocenters. The molecule has 1 saturated heterocycles. The molecule has 4 atom stereocenters. The molecule has 0 aliphatic carbocycles. The molecule has 0 bridgehead atoms. The number of rotatable bonds is 2. The maximum Gasteiger partial charge on any atom is 0.151 e. The third-order valence-electron chi connectivity index (χ3n) is 4.05. The summed E-state index contributed by atoms with van der Waals surface area (Å²) in [5.74, 6) is 0.785. The third kappa shape index (κ3) is 1.80. The molecule has 0 aromatic carbocycles. The van der Waals surface area contributed by atoms with Crippen LogP contribution in [0.1, 0.15) is 18.5 Å². The number of aromatic nitrogens is 3. The molecule has 1 fully saturated rings. The second-order valence-corrected chi connectivity index (χ2v) is 5.33. The van der Waals surface area contributed by atoms with E-state index < -0.39 is 12.2 Å². The van der Waals surface area contributed by atoms with Crippen molar-refractivity contribution in [1.29, 1.82) is 0 Å². The molecule has 0 spiro atoms. The average Bonchev–Trinajstić information content (AvgIpc) is 2.95. The van der Waals surface area contributed by atoms with Crippen LogP contribution >= 0.6 is 12.6 Å². The Kier molecular flexibility index (Phi) is 3.33. The summed E-state index contributed by atoms with van der Waals surface area (Å²) in [6, 6.07) is -0.558. The summed E-state index contributed by atoms with van der Waals surface area (Å²) >= 11 is 4.30. The highest BCUT2D eigenvalue weighted by atomic mass is 32.1. The van der Waals surface area contributed by atoms with E-state index in [9.17, 15) is 10.2 Å². The normalized spacial score (nSPS) is 31.2. The average molecular weight is 295 g/mol. The minimum atomic E-state index is -0.896. The number of nitrogens with zero attached hydrogens (tertiary/aromatic N) is 3. The van der Waals surface area contributed by atoms with E-state index in [1.807, 2.05) is 11.8 Å². The van der Waals surface area contributed by atoms with Crippen molar-refractivity contribution in [3.05, 3.63) is 18.1 Å². The summed E-state index contributed by atoms with van der Waals surface area (Å²) in [6.07, 6.45) is 1.43. The molecule has 0 radical (unpaired) electrons. The van der Waals surface area contributed by atoms with E-state index in [-0.39, 0.29) is 12.1 Å². The summed E-state index contributed by atoms with van der Waals surface area (Å²) in [6.45, 7) is 1.86. The zero-order valence-electron chi connectivity index (χ0n) is 10.9. The molecular weight excluding hydrogens is 278 g/mol. The molecule has 20 heavy (non-hydrogen) atoms. The van der Waals surface area contributed by atoms with Gasteiger partial charge in [0.15, 0.2) is 5.82 Å². The fourth-order valence-electron chi connectivity index (χ4n) is 2.90. The van der Waals surface area contributed by atoms with Gasteiger partial charge in [0.25, 0.3) is 0 Å². The number of nitrogens with one attached hydrogen (secondary N) is 1. The van der Waals surface area contributed by atoms with Gasteiger partial charge in [-0.25, -0.2) is 9.97 Å². The minimum Gasteiger partial charge on any atom is -0.389 e. The summed E-state index contributed by atoms with van der Waals surface area (Å²) in [7, 11) is 0. The zero-order chi connectivity index (χ0) is 14.4. The van der Waals surface area contributed by atoms with Crippen LogP contribution in [-0.4, -0.2) is 54.2 Å². The number of hydrogen-bond acceptors (Lipinski definition) is 7. The molecule has 0 amide bonds. The quantitative estimate of drug-likeness (QED) is 0.495. The first-order chi connectivity index (χ1) is 9.56. The smallest absolute Gasteiger partial charge is 0.151 e. The first-order valence-electron chi connectivity index (χ1n) is 6.36. The summed E-state index contributed by atoms with van der Waals surface area (Å²) < 4.78 is 0. The Labute approximate surface area is 121 Å². The van der Waals surface area contributed by atoms with E-state index in [4.69, 9.17) is 5.73 Å². The molecule has 2 aromatic rings. The molecule has 5 N–H and O–H groups in total. The number of fused-ring (bicyclic) bond motifs is 1. The van der Waals surface area contributed by atoms with Crippen LogP contribution in [0.15, 0.2) is 12.5 Å². The van der Waals surface area contributed by atoms with Crippen LogP contribution in [0.2, 0.25) is 0 Å². The maximum atomic E-state index is 10.3. The predicted molar refractivity (Wildman–Crippen MR) is 78.2 cm³/mol. The van der Waals surface area contributed by atoms with Crippen LogP contribution in [0, 0.1) is 0 Å². The summed E-state index contributed by atoms with van der Waals surface area (Å²) in [5.41, 5.74) is 7.90. The van der Waals surface area contributed by atoms with Crippen molar-refractivity contribution >= 4 is 29.5 Å². The molecule has 0 saturated carbocycles. The molecule has 1 aliphatic heterocycles. The zero-order valence-corrected chi connectivity index (χ0v) is 11.8. The van der Waals surface area contributed by atoms with Crippen LogP contribution in [0.4, 0.5) is 5.82 Å². The standard InChI is InChI=1S/C12H17N5O2S/c1-5-10(18)11(19)9(17(5)4-20)6-2-14-8-7(6)15-3-16-12(8)13/h2-3,5,9-11,14,18-20H,4H2,1H3,(H2,13,15,16). The van der Waals surface area contributed by atoms with E-state index in [0.29, 0.717) is 22.7 Å². The van der Waals surface area contributed by atoms with E-state index in [1.54, 1.807) is 6.20 Å². The highest BCUT2D eigenvalue weighted by Gasteiger charge is 2.46. The highest BCUT2D eigenvalue weighted by Crippen LogP contribution is 2.39. The lowest BCUT2D eigenvalue weighted by atomic mass is 10.0. The van der Waals surface area contributed by atoms with Gasteiger partial charge in [0.05, 0.1) is 17.7 Å². The monoisotopic (exact) mass is 295 g/mol. The number of thiol groups is 1. The maximum absolute atomic E-state index is 10.3. The number of aromatic amines is 1. The van der Waals surface area contributed by atoms with E-state index in [2.05, 4.69) is 27.6 Å². The molecule has 1 aliphatic rings. The second-order valence-electron chi connectivity index (χ2n) is 5.05. The molecule has 2 aromatic heterocycles. The van der Waals surface area contributed by atoms with Crippen molar-refractivity contribution in [2.24, 2.45) is 0 Å². The Bertz CT molecular complexity index is 633.